The van der Waals surface area contributed by atoms with Gasteiger partial charge in [0.15, 0.2) is 0 Å². The number of hydrogen-bond donors (Lipinski definition) is 0. The quantitative estimate of drug-likeness (QED) is 0.601. The molecule has 1 rings (SSSR count). The first-order chi connectivity index (χ1) is 7.74. The van der Waals surface area contributed by atoms with Crippen molar-refractivity contribution < 1.29 is 0 Å². The monoisotopic (exact) mass is 218 g/mol. The summed E-state index contributed by atoms with van der Waals surface area (Å²) < 4.78 is 0. The summed E-state index contributed by atoms with van der Waals surface area (Å²) in [5, 5.41) is 8.76. The molecule has 1 aromatic rings. The second-order valence-electron chi connectivity index (χ2n) is 4.50. The van der Waals surface area contributed by atoms with Crippen molar-refractivity contribution in [2.24, 2.45) is 16.1 Å². The second kappa shape index (κ2) is 7.15. The zero-order chi connectivity index (χ0) is 11.8. The smallest absolute Gasteiger partial charge is 0.0852 e. The maximum absolute atomic E-state index is 4.46. The molecule has 0 saturated carbocycles. The fraction of sp³-hybridized carbons (Fsp3) is 0.571. The van der Waals surface area contributed by atoms with Crippen LogP contribution < -0.4 is 0 Å². The molecule has 0 amide bonds. The van der Waals surface area contributed by atoms with Crippen molar-refractivity contribution in [3.63, 3.8) is 0 Å². The second-order valence-corrected chi connectivity index (χ2v) is 4.50. The third-order valence-electron chi connectivity index (χ3n) is 2.70. The van der Waals surface area contributed by atoms with Crippen molar-refractivity contribution in [2.45, 2.75) is 46.1 Å². The third kappa shape index (κ3) is 4.56. The van der Waals surface area contributed by atoms with Crippen LogP contribution in [-0.2, 0) is 0 Å². The molecule has 0 bridgehead atoms. The van der Waals surface area contributed by atoms with Gasteiger partial charge in [-0.1, -0.05) is 51.8 Å². The predicted octanol–water partition coefficient (Wildman–Crippen LogP) is 4.99. The number of unbranched alkanes of at least 4 members (excludes halogenated alkanes) is 1. The topological polar surface area (TPSA) is 24.7 Å². The maximum atomic E-state index is 4.46. The molecule has 16 heavy (non-hydrogen) atoms. The molecule has 1 unspecified atom stereocenters. The lowest BCUT2D eigenvalue weighted by Gasteiger charge is -2.14. The van der Waals surface area contributed by atoms with E-state index in [4.69, 9.17) is 0 Å². The Labute approximate surface area is 98.8 Å². The average Bonchev–Trinajstić information content (AvgIpc) is 2.30. The SMILES string of the molecule is CCCCC(N=Nc1ccccc1)C(C)C. The number of rotatable bonds is 6. The van der Waals surface area contributed by atoms with Gasteiger partial charge in [0.25, 0.3) is 0 Å². The average molecular weight is 218 g/mol. The van der Waals surface area contributed by atoms with E-state index in [1.54, 1.807) is 0 Å². The standard InChI is InChI=1S/C14H22N2/c1-4-5-11-14(12(2)3)16-15-13-9-7-6-8-10-13/h6-10,12,14H,4-5,11H2,1-3H3. The van der Waals surface area contributed by atoms with Crippen molar-refractivity contribution in [1.82, 2.24) is 0 Å². The Morgan fingerprint density at radius 1 is 1.12 bits per heavy atom. The van der Waals surface area contributed by atoms with Gasteiger partial charge in [0.1, 0.15) is 0 Å². The minimum Gasteiger partial charge on any atom is -0.185 e. The van der Waals surface area contributed by atoms with Crippen LogP contribution in [0.5, 0.6) is 0 Å². The van der Waals surface area contributed by atoms with Gasteiger partial charge in [0.05, 0.1) is 11.7 Å². The zero-order valence-electron chi connectivity index (χ0n) is 10.6. The molecule has 88 valence electrons. The number of benzene rings is 1. The van der Waals surface area contributed by atoms with E-state index in [0.29, 0.717) is 12.0 Å². The lowest BCUT2D eigenvalue weighted by Crippen LogP contribution is -2.11. The first kappa shape index (κ1) is 12.9. The van der Waals surface area contributed by atoms with Crippen LogP contribution >= 0.6 is 0 Å². The van der Waals surface area contributed by atoms with E-state index in [9.17, 15) is 0 Å². The number of azo groups is 1. The van der Waals surface area contributed by atoms with Gasteiger partial charge < -0.3 is 0 Å². The summed E-state index contributed by atoms with van der Waals surface area (Å²) in [5.41, 5.74) is 0.949. The van der Waals surface area contributed by atoms with Crippen LogP contribution in [0.15, 0.2) is 40.6 Å². The van der Waals surface area contributed by atoms with Crippen molar-refractivity contribution in [1.29, 1.82) is 0 Å². The Morgan fingerprint density at radius 3 is 2.38 bits per heavy atom. The minimum absolute atomic E-state index is 0.361. The first-order valence-electron chi connectivity index (χ1n) is 6.20. The summed E-state index contributed by atoms with van der Waals surface area (Å²) in [6, 6.07) is 10.3. The Bertz CT molecular complexity index is 304. The first-order valence-corrected chi connectivity index (χ1v) is 6.20. The molecule has 0 heterocycles. The summed E-state index contributed by atoms with van der Waals surface area (Å²) in [6.07, 6.45) is 3.60. The van der Waals surface area contributed by atoms with E-state index >= 15 is 0 Å². The normalized spacial score (nSPS) is 13.5. The van der Waals surface area contributed by atoms with Gasteiger partial charge in [-0.25, -0.2) is 0 Å². The maximum Gasteiger partial charge on any atom is 0.0852 e. The lowest BCUT2D eigenvalue weighted by molar-refractivity contribution is 0.438. The zero-order valence-corrected chi connectivity index (χ0v) is 10.6. The van der Waals surface area contributed by atoms with Crippen molar-refractivity contribution in [3.8, 4) is 0 Å². The summed E-state index contributed by atoms with van der Waals surface area (Å²) in [6.45, 7) is 6.64. The van der Waals surface area contributed by atoms with E-state index in [1.807, 2.05) is 30.3 Å². The highest BCUT2D eigenvalue weighted by Crippen LogP contribution is 2.18. The van der Waals surface area contributed by atoms with Crippen LogP contribution in [0, 0.1) is 5.92 Å². The highest BCUT2D eigenvalue weighted by atomic mass is 15.1. The molecular weight excluding hydrogens is 196 g/mol. The molecule has 0 saturated heterocycles. The summed E-state index contributed by atoms with van der Waals surface area (Å²) >= 11 is 0. The summed E-state index contributed by atoms with van der Waals surface area (Å²) in [5.74, 6) is 0.569. The minimum atomic E-state index is 0.361. The van der Waals surface area contributed by atoms with Gasteiger partial charge in [-0.2, -0.15) is 10.2 Å². The predicted molar refractivity (Wildman–Crippen MR) is 69.1 cm³/mol. The van der Waals surface area contributed by atoms with Crippen molar-refractivity contribution >= 4 is 5.69 Å². The molecule has 2 heteroatoms. The lowest BCUT2D eigenvalue weighted by atomic mass is 10.00. The number of hydrogen-bond acceptors (Lipinski definition) is 2. The molecule has 0 N–H and O–H groups in total. The largest absolute Gasteiger partial charge is 0.185 e. The molecule has 2 nitrogen and oxygen atoms in total. The van der Waals surface area contributed by atoms with Crippen LogP contribution in [0.2, 0.25) is 0 Å². The van der Waals surface area contributed by atoms with Gasteiger partial charge in [0, 0.05) is 0 Å². The van der Waals surface area contributed by atoms with Gasteiger partial charge in [-0.05, 0) is 24.5 Å². The molecular formula is C14H22N2. The van der Waals surface area contributed by atoms with Gasteiger partial charge >= 0.3 is 0 Å². The van der Waals surface area contributed by atoms with Crippen molar-refractivity contribution in [3.05, 3.63) is 30.3 Å². The molecule has 1 aromatic carbocycles. The number of nitrogens with zero attached hydrogens (tertiary/aromatic N) is 2. The van der Waals surface area contributed by atoms with E-state index in [0.717, 1.165) is 12.1 Å². The Balaban J connectivity index is 2.57. The van der Waals surface area contributed by atoms with Crippen molar-refractivity contribution in [2.75, 3.05) is 0 Å². The van der Waals surface area contributed by atoms with Crippen LogP contribution in [0.25, 0.3) is 0 Å². The molecule has 1 atom stereocenters. The summed E-state index contributed by atoms with van der Waals surface area (Å²) in [7, 11) is 0. The molecule has 0 radical (unpaired) electrons. The van der Waals surface area contributed by atoms with E-state index in [2.05, 4.69) is 31.0 Å². The van der Waals surface area contributed by atoms with E-state index in [-0.39, 0.29) is 0 Å². The van der Waals surface area contributed by atoms with Gasteiger partial charge in [-0.3, -0.25) is 0 Å². The van der Waals surface area contributed by atoms with E-state index < -0.39 is 0 Å². The van der Waals surface area contributed by atoms with Crippen LogP contribution in [0.3, 0.4) is 0 Å². The highest BCUT2D eigenvalue weighted by Gasteiger charge is 2.11. The highest BCUT2D eigenvalue weighted by molar-refractivity contribution is 5.34. The molecule has 0 spiro atoms. The Kier molecular flexibility index (Phi) is 5.76. The fourth-order valence-electron chi connectivity index (χ4n) is 1.57. The molecule has 0 aliphatic carbocycles. The van der Waals surface area contributed by atoms with Crippen LogP contribution in [-0.4, -0.2) is 6.04 Å². The van der Waals surface area contributed by atoms with Gasteiger partial charge in [0.2, 0.25) is 0 Å². The Hall–Kier alpha value is -1.18. The molecule has 0 aliphatic heterocycles. The Morgan fingerprint density at radius 2 is 1.81 bits per heavy atom. The third-order valence-corrected chi connectivity index (χ3v) is 2.70. The van der Waals surface area contributed by atoms with Gasteiger partial charge in [-0.15, -0.1) is 0 Å². The molecule has 0 aliphatic rings. The molecule has 0 aromatic heterocycles. The fourth-order valence-corrected chi connectivity index (χ4v) is 1.57. The molecule has 0 fully saturated rings. The van der Waals surface area contributed by atoms with Crippen LogP contribution in [0.1, 0.15) is 40.0 Å². The van der Waals surface area contributed by atoms with E-state index in [1.165, 1.54) is 12.8 Å². The van der Waals surface area contributed by atoms with Crippen LogP contribution in [0.4, 0.5) is 5.69 Å². The summed E-state index contributed by atoms with van der Waals surface area (Å²) in [4.78, 5) is 0.